The number of amides is 1. The van der Waals surface area contributed by atoms with Crippen molar-refractivity contribution in [1.29, 1.82) is 0 Å². The Labute approximate surface area is 227 Å². The first-order valence-electron chi connectivity index (χ1n) is 11.8. The van der Waals surface area contributed by atoms with Crippen molar-refractivity contribution in [2.24, 2.45) is 7.05 Å². The maximum Gasteiger partial charge on any atom is 0.300 e. The average molecular weight is 574 g/mol. The van der Waals surface area contributed by atoms with E-state index in [-0.39, 0.29) is 17.0 Å². The van der Waals surface area contributed by atoms with Gasteiger partial charge >= 0.3 is 0 Å². The molecule has 0 unspecified atom stereocenters. The highest BCUT2D eigenvalue weighted by molar-refractivity contribution is 9.10. The number of aromatic nitrogens is 2. The minimum atomic E-state index is -1.02. The number of ether oxygens (including phenoxy) is 1. The predicted molar refractivity (Wildman–Crippen MR) is 148 cm³/mol. The first-order chi connectivity index (χ1) is 18.2. The number of hydrogen-bond acceptors (Lipinski definition) is 5. The van der Waals surface area contributed by atoms with Crippen LogP contribution in [0.2, 0.25) is 0 Å². The third-order valence-electron chi connectivity index (χ3n) is 6.76. The van der Waals surface area contributed by atoms with Gasteiger partial charge in [-0.2, -0.15) is 0 Å². The lowest BCUT2D eigenvalue weighted by molar-refractivity contribution is -0.132. The largest absolute Gasteiger partial charge is 0.507 e. The van der Waals surface area contributed by atoms with E-state index in [1.165, 1.54) is 16.7 Å². The Kier molecular flexibility index (Phi) is 6.54. The van der Waals surface area contributed by atoms with Crippen molar-refractivity contribution in [3.05, 3.63) is 116 Å². The van der Waals surface area contributed by atoms with E-state index < -0.39 is 23.3 Å². The molecule has 8 nitrogen and oxygen atoms in total. The molecule has 1 atom stereocenters. The number of aliphatic hydroxyl groups excluding tert-OH is 1. The van der Waals surface area contributed by atoms with Gasteiger partial charge in [-0.05, 0) is 61.0 Å². The molecular formula is C29H24BrN3O5. The number of nitrogens with zero attached hydrogens (tertiary/aromatic N) is 3. The Bertz CT molecular complexity index is 1630. The second kappa shape index (κ2) is 9.83. The van der Waals surface area contributed by atoms with E-state index in [1.807, 2.05) is 18.2 Å². The van der Waals surface area contributed by atoms with Crippen LogP contribution in [0, 0.1) is 6.92 Å². The Morgan fingerprint density at radius 1 is 0.921 bits per heavy atom. The topological polar surface area (TPSA) is 93.8 Å². The van der Waals surface area contributed by atoms with Crippen molar-refractivity contribution in [3.63, 3.8) is 0 Å². The van der Waals surface area contributed by atoms with Gasteiger partial charge in [0, 0.05) is 17.1 Å². The molecule has 3 aromatic carbocycles. The number of methoxy groups -OCH3 is 1. The summed E-state index contributed by atoms with van der Waals surface area (Å²) >= 11 is 3.42. The molecular weight excluding hydrogens is 550 g/mol. The summed E-state index contributed by atoms with van der Waals surface area (Å²) in [6, 6.07) is 21.6. The normalized spacial score (nSPS) is 16.7. The molecule has 1 amide bonds. The highest BCUT2D eigenvalue weighted by atomic mass is 79.9. The second-order valence-electron chi connectivity index (χ2n) is 8.86. The van der Waals surface area contributed by atoms with Crippen LogP contribution in [-0.4, -0.2) is 33.3 Å². The van der Waals surface area contributed by atoms with Crippen LogP contribution in [0.3, 0.4) is 0 Å². The third kappa shape index (κ3) is 4.05. The molecule has 1 aliphatic rings. The summed E-state index contributed by atoms with van der Waals surface area (Å²) in [6.07, 6.45) is 0. The van der Waals surface area contributed by atoms with Crippen molar-refractivity contribution in [2.45, 2.75) is 13.0 Å². The van der Waals surface area contributed by atoms with Crippen LogP contribution in [0.15, 0.2) is 93.7 Å². The number of hydrogen-bond donors (Lipinski definition) is 1. The predicted octanol–water partition coefficient (Wildman–Crippen LogP) is 4.88. The summed E-state index contributed by atoms with van der Waals surface area (Å²) in [5.74, 6) is -1.52. The lowest BCUT2D eigenvalue weighted by Gasteiger charge is -2.24. The molecule has 0 bridgehead atoms. The summed E-state index contributed by atoms with van der Waals surface area (Å²) in [6.45, 7) is 1.72. The molecule has 1 fully saturated rings. The molecule has 5 rings (SSSR count). The number of carbonyl (C=O) groups excluding carboxylic acids is 2. The van der Waals surface area contributed by atoms with Gasteiger partial charge in [0.1, 0.15) is 17.2 Å². The zero-order valence-electron chi connectivity index (χ0n) is 20.9. The number of benzene rings is 3. The Morgan fingerprint density at radius 3 is 2.16 bits per heavy atom. The minimum Gasteiger partial charge on any atom is -0.507 e. The van der Waals surface area contributed by atoms with Crippen molar-refractivity contribution in [3.8, 4) is 11.4 Å². The molecule has 1 saturated heterocycles. The first-order valence-corrected chi connectivity index (χ1v) is 12.6. The summed E-state index contributed by atoms with van der Waals surface area (Å²) < 4.78 is 9.09. The van der Waals surface area contributed by atoms with Crippen molar-refractivity contribution in [2.75, 3.05) is 12.0 Å². The number of halogens is 1. The lowest BCUT2D eigenvalue weighted by atomic mass is 9.95. The SMILES string of the molecule is COc1ccc(C(O)=C2C(=O)C(=O)N(c3c(C)n(C)n(-c4ccccc4)c3=O)[C@H]2c2ccc(Br)cc2)cc1. The van der Waals surface area contributed by atoms with Crippen LogP contribution in [0.4, 0.5) is 5.69 Å². The van der Waals surface area contributed by atoms with Crippen LogP contribution < -0.4 is 15.2 Å². The number of Topliss-reactive ketones (excluding diaryl/α,β-unsaturated/α-hetero) is 1. The molecule has 4 aromatic rings. The van der Waals surface area contributed by atoms with Gasteiger partial charge in [-0.25, -0.2) is 4.68 Å². The molecule has 1 aromatic heterocycles. The van der Waals surface area contributed by atoms with Gasteiger partial charge in [-0.3, -0.25) is 24.0 Å². The minimum absolute atomic E-state index is 0.0696. The summed E-state index contributed by atoms with van der Waals surface area (Å²) in [4.78, 5) is 42.2. The highest BCUT2D eigenvalue weighted by Gasteiger charge is 2.49. The molecule has 1 N–H and O–H groups in total. The number of anilines is 1. The summed E-state index contributed by atoms with van der Waals surface area (Å²) in [7, 11) is 3.24. The molecule has 0 spiro atoms. The number of ketones is 1. The maximum absolute atomic E-state index is 13.8. The molecule has 1 aliphatic heterocycles. The molecule has 38 heavy (non-hydrogen) atoms. The first kappa shape index (κ1) is 25.3. The fourth-order valence-corrected chi connectivity index (χ4v) is 5.02. The van der Waals surface area contributed by atoms with E-state index in [9.17, 15) is 19.5 Å². The average Bonchev–Trinajstić information content (AvgIpc) is 3.31. The number of carbonyl (C=O) groups is 2. The van der Waals surface area contributed by atoms with E-state index in [1.54, 1.807) is 79.3 Å². The molecule has 0 radical (unpaired) electrons. The van der Waals surface area contributed by atoms with Crippen molar-refractivity contribution >= 4 is 39.1 Å². The summed E-state index contributed by atoms with van der Waals surface area (Å²) in [5.41, 5.74) is 1.53. The van der Waals surface area contributed by atoms with E-state index in [0.717, 1.165) is 4.47 Å². The van der Waals surface area contributed by atoms with Gasteiger partial charge in [0.05, 0.1) is 30.1 Å². The Hall–Kier alpha value is -4.37. The van der Waals surface area contributed by atoms with Crippen LogP contribution in [0.1, 0.15) is 22.9 Å². The van der Waals surface area contributed by atoms with E-state index in [0.29, 0.717) is 28.3 Å². The highest BCUT2D eigenvalue weighted by Crippen LogP contribution is 2.42. The molecule has 0 aliphatic carbocycles. The second-order valence-corrected chi connectivity index (χ2v) is 9.77. The lowest BCUT2D eigenvalue weighted by Crippen LogP contribution is -2.34. The maximum atomic E-state index is 13.8. The Morgan fingerprint density at radius 2 is 1.55 bits per heavy atom. The molecule has 0 saturated carbocycles. The van der Waals surface area contributed by atoms with Crippen molar-refractivity contribution < 1.29 is 19.4 Å². The molecule has 9 heteroatoms. The monoisotopic (exact) mass is 573 g/mol. The van der Waals surface area contributed by atoms with Crippen LogP contribution in [-0.2, 0) is 16.6 Å². The van der Waals surface area contributed by atoms with Gasteiger partial charge in [0.15, 0.2) is 0 Å². The van der Waals surface area contributed by atoms with Crippen LogP contribution in [0.5, 0.6) is 5.75 Å². The van der Waals surface area contributed by atoms with Crippen molar-refractivity contribution in [1.82, 2.24) is 9.36 Å². The van der Waals surface area contributed by atoms with Gasteiger partial charge in [0.2, 0.25) is 0 Å². The summed E-state index contributed by atoms with van der Waals surface area (Å²) in [5, 5.41) is 11.3. The standard InChI is InChI=1S/C29H24BrN3O5/c1-17-24(28(36)33(31(17)2)21-7-5-4-6-8-21)32-25(18-9-13-20(30)14-10-18)23(27(35)29(32)37)26(34)19-11-15-22(38-3)16-12-19/h4-16,25,34H,1-3H3/t25-/m0/s1. The fraction of sp³-hybridized carbons (Fsp3) is 0.138. The van der Waals surface area contributed by atoms with Crippen LogP contribution in [0.25, 0.3) is 11.4 Å². The van der Waals surface area contributed by atoms with E-state index >= 15 is 0 Å². The zero-order valence-corrected chi connectivity index (χ0v) is 22.5. The smallest absolute Gasteiger partial charge is 0.300 e. The number of para-hydroxylation sites is 1. The van der Waals surface area contributed by atoms with Gasteiger partial charge in [-0.15, -0.1) is 0 Å². The Balaban J connectivity index is 1.76. The molecule has 192 valence electrons. The quantitative estimate of drug-likeness (QED) is 0.208. The number of rotatable bonds is 5. The van der Waals surface area contributed by atoms with Gasteiger partial charge in [0.25, 0.3) is 17.2 Å². The molecule has 2 heterocycles. The van der Waals surface area contributed by atoms with Gasteiger partial charge in [-0.1, -0.05) is 46.3 Å². The van der Waals surface area contributed by atoms with Gasteiger partial charge < -0.3 is 9.84 Å². The number of aliphatic hydroxyl groups is 1. The van der Waals surface area contributed by atoms with Crippen LogP contribution >= 0.6 is 15.9 Å². The zero-order chi connectivity index (χ0) is 27.1. The fourth-order valence-electron chi connectivity index (χ4n) is 4.76. The third-order valence-corrected chi connectivity index (χ3v) is 7.29. The van der Waals surface area contributed by atoms with E-state index in [4.69, 9.17) is 4.74 Å². The van der Waals surface area contributed by atoms with E-state index in [2.05, 4.69) is 15.9 Å².